The largest absolute Gasteiger partial charge is 0.452 e. The normalized spacial score (nSPS) is 10.3. The van der Waals surface area contributed by atoms with Crippen molar-refractivity contribution < 1.29 is 14.3 Å². The van der Waals surface area contributed by atoms with E-state index < -0.39 is 5.97 Å². The first-order chi connectivity index (χ1) is 10.6. The molecule has 0 aliphatic carbocycles. The summed E-state index contributed by atoms with van der Waals surface area (Å²) in [5.41, 5.74) is 0.263. The maximum atomic E-state index is 12.0. The Morgan fingerprint density at radius 3 is 2.86 bits per heavy atom. The fourth-order valence-corrected chi connectivity index (χ4v) is 2.93. The van der Waals surface area contributed by atoms with Crippen LogP contribution in [0.1, 0.15) is 15.2 Å². The first-order valence-electron chi connectivity index (χ1n) is 6.40. The Bertz CT molecular complexity index is 659. The molecule has 0 atom stereocenters. The number of esters is 1. The Morgan fingerprint density at radius 2 is 2.18 bits per heavy atom. The summed E-state index contributed by atoms with van der Waals surface area (Å²) in [6.45, 7) is 0.0980. The number of ether oxygens (including phenoxy) is 1. The van der Waals surface area contributed by atoms with Gasteiger partial charge in [-0.15, -0.1) is 23.1 Å². The lowest BCUT2D eigenvalue weighted by molar-refractivity contribution is -0.124. The van der Waals surface area contributed by atoms with Gasteiger partial charge < -0.3 is 10.1 Å². The first-order valence-corrected chi connectivity index (χ1v) is 8.88. The molecule has 0 spiro atoms. The quantitative estimate of drug-likeness (QED) is 0.635. The minimum atomic E-state index is -0.604. The fourth-order valence-electron chi connectivity index (χ4n) is 1.65. The predicted molar refractivity (Wildman–Crippen MR) is 89.7 cm³/mol. The Balaban J connectivity index is 1.85. The van der Waals surface area contributed by atoms with Crippen LogP contribution in [0.25, 0.3) is 0 Å². The van der Waals surface area contributed by atoms with Gasteiger partial charge in [-0.05, 0) is 35.9 Å². The number of nitrogens with one attached hydrogen (secondary N) is 1. The Morgan fingerprint density at radius 1 is 1.36 bits per heavy atom. The van der Waals surface area contributed by atoms with Crippen molar-refractivity contribution in [3.05, 3.63) is 51.2 Å². The zero-order valence-corrected chi connectivity index (χ0v) is 14.2. The van der Waals surface area contributed by atoms with Crippen LogP contribution in [-0.2, 0) is 16.1 Å². The molecular weight excluding hydrogens is 342 g/mol. The zero-order valence-electron chi connectivity index (χ0n) is 11.8. The number of rotatable bonds is 6. The lowest BCUT2D eigenvalue weighted by atomic mass is 10.2. The van der Waals surface area contributed by atoms with E-state index in [-0.39, 0.29) is 18.1 Å². The van der Waals surface area contributed by atoms with E-state index in [2.05, 4.69) is 5.32 Å². The molecule has 0 aliphatic heterocycles. The van der Waals surface area contributed by atoms with Gasteiger partial charge in [-0.25, -0.2) is 4.79 Å². The van der Waals surface area contributed by atoms with E-state index >= 15 is 0 Å². The second kappa shape index (κ2) is 8.22. The molecule has 0 radical (unpaired) electrons. The summed E-state index contributed by atoms with van der Waals surface area (Å²) < 4.78 is 5.00. The first kappa shape index (κ1) is 16.9. The van der Waals surface area contributed by atoms with E-state index in [1.807, 2.05) is 29.8 Å². The number of thioether (sulfide) groups is 1. The molecule has 0 unspecified atom stereocenters. The van der Waals surface area contributed by atoms with Gasteiger partial charge in [0, 0.05) is 9.77 Å². The SMILES string of the molecule is CSc1ccc(Cl)c(C(=O)OCC(=O)NCc2cccs2)c1. The van der Waals surface area contributed by atoms with Crippen molar-refractivity contribution >= 4 is 46.6 Å². The molecule has 2 rings (SSSR count). The van der Waals surface area contributed by atoms with Crippen LogP contribution < -0.4 is 5.32 Å². The number of carbonyl (C=O) groups is 2. The lowest BCUT2D eigenvalue weighted by Crippen LogP contribution is -2.28. The standard InChI is InChI=1S/C15H14ClNO3S2/c1-21-10-4-5-13(16)12(7-10)15(19)20-9-14(18)17-8-11-3-2-6-22-11/h2-7H,8-9H2,1H3,(H,17,18). The van der Waals surface area contributed by atoms with Crippen molar-refractivity contribution in [2.75, 3.05) is 12.9 Å². The highest BCUT2D eigenvalue weighted by Crippen LogP contribution is 2.23. The molecule has 1 aromatic heterocycles. The Labute approximate surface area is 141 Å². The summed E-state index contributed by atoms with van der Waals surface area (Å²) in [6, 6.07) is 8.94. The van der Waals surface area contributed by atoms with Crippen molar-refractivity contribution in [1.82, 2.24) is 5.32 Å². The lowest BCUT2D eigenvalue weighted by Gasteiger charge is -2.08. The molecule has 0 saturated heterocycles. The summed E-state index contributed by atoms with van der Waals surface area (Å²) in [6.07, 6.45) is 1.90. The monoisotopic (exact) mass is 355 g/mol. The van der Waals surface area contributed by atoms with Crippen LogP contribution in [0.5, 0.6) is 0 Å². The average Bonchev–Trinajstić information content (AvgIpc) is 3.04. The second-order valence-corrected chi connectivity index (χ2v) is 6.60. The van der Waals surface area contributed by atoms with Gasteiger partial charge >= 0.3 is 5.97 Å². The van der Waals surface area contributed by atoms with Crippen LogP contribution in [0.4, 0.5) is 0 Å². The summed E-state index contributed by atoms with van der Waals surface area (Å²) in [4.78, 5) is 25.6. The van der Waals surface area contributed by atoms with E-state index in [1.165, 1.54) is 11.8 Å². The van der Waals surface area contributed by atoms with E-state index in [1.54, 1.807) is 23.5 Å². The highest BCUT2D eigenvalue weighted by atomic mass is 35.5. The molecule has 7 heteroatoms. The van der Waals surface area contributed by atoms with E-state index in [9.17, 15) is 9.59 Å². The number of thiophene rings is 1. The molecule has 22 heavy (non-hydrogen) atoms. The number of amides is 1. The van der Waals surface area contributed by atoms with Crippen LogP contribution in [0.2, 0.25) is 5.02 Å². The molecule has 1 N–H and O–H groups in total. The third kappa shape index (κ3) is 4.76. The van der Waals surface area contributed by atoms with Gasteiger partial charge in [0.1, 0.15) is 0 Å². The van der Waals surface area contributed by atoms with Crippen LogP contribution in [0, 0.1) is 0 Å². The average molecular weight is 356 g/mol. The van der Waals surface area contributed by atoms with Crippen LogP contribution in [-0.4, -0.2) is 24.7 Å². The third-order valence-corrected chi connectivity index (χ3v) is 4.70. The second-order valence-electron chi connectivity index (χ2n) is 4.28. The topological polar surface area (TPSA) is 55.4 Å². The molecule has 0 bridgehead atoms. The van der Waals surface area contributed by atoms with Crippen molar-refractivity contribution in [2.45, 2.75) is 11.4 Å². The van der Waals surface area contributed by atoms with Gasteiger partial charge in [0.15, 0.2) is 6.61 Å². The minimum absolute atomic E-state index is 0.263. The molecule has 1 aromatic carbocycles. The zero-order chi connectivity index (χ0) is 15.9. The van der Waals surface area contributed by atoms with Crippen molar-refractivity contribution in [3.63, 3.8) is 0 Å². The summed E-state index contributed by atoms with van der Waals surface area (Å²) in [5.74, 6) is -0.953. The van der Waals surface area contributed by atoms with Gasteiger partial charge in [-0.1, -0.05) is 17.7 Å². The number of benzene rings is 1. The van der Waals surface area contributed by atoms with Gasteiger partial charge in [0.05, 0.1) is 17.1 Å². The van der Waals surface area contributed by atoms with Crippen LogP contribution >= 0.6 is 34.7 Å². The van der Waals surface area contributed by atoms with E-state index in [4.69, 9.17) is 16.3 Å². The maximum absolute atomic E-state index is 12.0. The minimum Gasteiger partial charge on any atom is -0.452 e. The van der Waals surface area contributed by atoms with Crippen molar-refractivity contribution in [3.8, 4) is 0 Å². The van der Waals surface area contributed by atoms with Gasteiger partial charge in [-0.3, -0.25) is 4.79 Å². The molecular formula is C15H14ClNO3S2. The van der Waals surface area contributed by atoms with Gasteiger partial charge in [-0.2, -0.15) is 0 Å². The van der Waals surface area contributed by atoms with Gasteiger partial charge in [0.25, 0.3) is 5.91 Å². The van der Waals surface area contributed by atoms with E-state index in [0.29, 0.717) is 11.6 Å². The molecule has 116 valence electrons. The van der Waals surface area contributed by atoms with E-state index in [0.717, 1.165) is 9.77 Å². The highest BCUT2D eigenvalue weighted by Gasteiger charge is 2.14. The maximum Gasteiger partial charge on any atom is 0.340 e. The Hall–Kier alpha value is -1.50. The molecule has 0 fully saturated rings. The molecule has 0 saturated carbocycles. The third-order valence-electron chi connectivity index (χ3n) is 2.77. The number of hydrogen-bond acceptors (Lipinski definition) is 5. The van der Waals surface area contributed by atoms with Gasteiger partial charge in [0.2, 0.25) is 0 Å². The molecule has 2 aromatic rings. The number of hydrogen-bond donors (Lipinski definition) is 1. The van der Waals surface area contributed by atoms with Crippen molar-refractivity contribution in [2.24, 2.45) is 0 Å². The summed E-state index contributed by atoms with van der Waals surface area (Å²) in [5, 5.41) is 4.93. The number of halogens is 1. The Kier molecular flexibility index (Phi) is 6.30. The predicted octanol–water partition coefficient (Wildman–Crippen LogP) is 3.60. The fraction of sp³-hybridized carbons (Fsp3) is 0.200. The smallest absolute Gasteiger partial charge is 0.340 e. The number of carbonyl (C=O) groups excluding carboxylic acids is 2. The molecule has 4 nitrogen and oxygen atoms in total. The molecule has 0 aliphatic rings. The summed E-state index contributed by atoms with van der Waals surface area (Å²) in [7, 11) is 0. The molecule has 1 heterocycles. The molecule has 1 amide bonds. The van der Waals surface area contributed by atoms with Crippen LogP contribution in [0.3, 0.4) is 0 Å². The van der Waals surface area contributed by atoms with Crippen molar-refractivity contribution in [1.29, 1.82) is 0 Å². The highest BCUT2D eigenvalue weighted by molar-refractivity contribution is 7.98. The summed E-state index contributed by atoms with van der Waals surface area (Å²) >= 11 is 9.03. The van der Waals surface area contributed by atoms with Crippen LogP contribution in [0.15, 0.2) is 40.6 Å².